The molecule has 1 nitrogen and oxygen atoms in total. The van der Waals surface area contributed by atoms with Gasteiger partial charge in [-0.3, -0.25) is 0 Å². The van der Waals surface area contributed by atoms with Crippen molar-refractivity contribution in [1.29, 1.82) is 0 Å². The molecule has 17 heavy (non-hydrogen) atoms. The van der Waals surface area contributed by atoms with Gasteiger partial charge in [0.15, 0.2) is 0 Å². The summed E-state index contributed by atoms with van der Waals surface area (Å²) in [5, 5.41) is 2.66. The van der Waals surface area contributed by atoms with Crippen molar-refractivity contribution in [2.24, 2.45) is 11.7 Å². The maximum Gasteiger partial charge on any atom is 0.0544 e. The lowest BCUT2D eigenvalue weighted by atomic mass is 10.1. The average Bonchev–Trinajstić information content (AvgIpc) is 2.75. The maximum atomic E-state index is 6.29. The van der Waals surface area contributed by atoms with Crippen molar-refractivity contribution in [2.75, 3.05) is 5.75 Å². The molecule has 0 aliphatic rings. The summed E-state index contributed by atoms with van der Waals surface area (Å²) < 4.78 is 0. The van der Waals surface area contributed by atoms with Crippen molar-refractivity contribution in [3.05, 3.63) is 21.9 Å². The van der Waals surface area contributed by atoms with Crippen molar-refractivity contribution in [3.8, 4) is 0 Å². The maximum absolute atomic E-state index is 6.29. The van der Waals surface area contributed by atoms with Crippen LogP contribution in [0.4, 0.5) is 0 Å². The number of aryl methyl sites for hydroxylation is 1. The number of thiophene rings is 1. The fourth-order valence-electron chi connectivity index (χ4n) is 1.67. The molecule has 0 amide bonds. The van der Waals surface area contributed by atoms with Crippen LogP contribution < -0.4 is 5.73 Å². The van der Waals surface area contributed by atoms with Gasteiger partial charge < -0.3 is 5.73 Å². The Morgan fingerprint density at radius 2 is 2.06 bits per heavy atom. The lowest BCUT2D eigenvalue weighted by molar-refractivity contribution is 0.617. The quantitative estimate of drug-likeness (QED) is 0.783. The monoisotopic (exact) mass is 271 g/mol. The fourth-order valence-corrected chi connectivity index (χ4v) is 4.57. The van der Waals surface area contributed by atoms with Crippen molar-refractivity contribution in [1.82, 2.24) is 0 Å². The highest BCUT2D eigenvalue weighted by molar-refractivity contribution is 7.99. The normalized spacial score (nSPS) is 16.8. The van der Waals surface area contributed by atoms with Gasteiger partial charge in [0, 0.05) is 10.9 Å². The Kier molecular flexibility index (Phi) is 6.60. The minimum Gasteiger partial charge on any atom is -0.326 e. The number of nitrogens with two attached hydrogens (primary N) is 1. The molecule has 0 bridgehead atoms. The molecule has 0 radical (unpaired) electrons. The number of rotatable bonds is 7. The first kappa shape index (κ1) is 15.1. The zero-order valence-corrected chi connectivity index (χ0v) is 13.0. The molecular formula is C14H25NS2. The summed E-state index contributed by atoms with van der Waals surface area (Å²) in [4.78, 5) is 1.48. The average molecular weight is 271 g/mol. The van der Waals surface area contributed by atoms with Crippen molar-refractivity contribution in [3.63, 3.8) is 0 Å². The van der Waals surface area contributed by atoms with Gasteiger partial charge in [0.25, 0.3) is 0 Å². The van der Waals surface area contributed by atoms with E-state index >= 15 is 0 Å². The van der Waals surface area contributed by atoms with Gasteiger partial charge in [-0.05, 0) is 42.0 Å². The molecule has 2 N–H and O–H groups in total. The molecule has 3 unspecified atom stereocenters. The first-order valence-corrected chi connectivity index (χ1v) is 8.44. The highest BCUT2D eigenvalue weighted by Crippen LogP contribution is 2.38. The summed E-state index contributed by atoms with van der Waals surface area (Å²) in [5.74, 6) is 2.00. The summed E-state index contributed by atoms with van der Waals surface area (Å²) >= 11 is 3.90. The molecule has 1 heterocycles. The van der Waals surface area contributed by atoms with Gasteiger partial charge >= 0.3 is 0 Å². The molecule has 1 rings (SSSR count). The Morgan fingerprint density at radius 1 is 1.35 bits per heavy atom. The van der Waals surface area contributed by atoms with E-state index in [1.807, 2.05) is 23.1 Å². The second kappa shape index (κ2) is 7.45. The number of thioether (sulfide) groups is 1. The zero-order valence-electron chi connectivity index (χ0n) is 11.4. The van der Waals surface area contributed by atoms with Crippen LogP contribution in [0.3, 0.4) is 0 Å². The van der Waals surface area contributed by atoms with Gasteiger partial charge in [-0.1, -0.05) is 27.2 Å². The molecule has 3 atom stereocenters. The Balaban J connectivity index is 2.71. The minimum atomic E-state index is 0.279. The van der Waals surface area contributed by atoms with E-state index in [0.29, 0.717) is 5.25 Å². The molecule has 0 saturated heterocycles. The number of hydrogen-bond donors (Lipinski definition) is 1. The van der Waals surface area contributed by atoms with Gasteiger partial charge in [0.05, 0.1) is 5.25 Å². The summed E-state index contributed by atoms with van der Waals surface area (Å²) in [6, 6.07) is 2.49. The van der Waals surface area contributed by atoms with Crippen LogP contribution in [0.1, 0.15) is 49.3 Å². The topological polar surface area (TPSA) is 26.0 Å². The Labute approximate surface area is 114 Å². The molecular weight excluding hydrogens is 246 g/mol. The molecule has 0 aromatic carbocycles. The summed E-state index contributed by atoms with van der Waals surface area (Å²) in [5.41, 5.74) is 7.69. The second-order valence-corrected chi connectivity index (χ2v) is 6.93. The van der Waals surface area contributed by atoms with Crippen molar-refractivity contribution < 1.29 is 0 Å². The third kappa shape index (κ3) is 4.31. The van der Waals surface area contributed by atoms with Gasteiger partial charge in [-0.15, -0.1) is 11.3 Å². The van der Waals surface area contributed by atoms with E-state index in [4.69, 9.17) is 5.73 Å². The van der Waals surface area contributed by atoms with Crippen LogP contribution in [0.2, 0.25) is 0 Å². The first-order chi connectivity index (χ1) is 8.10. The van der Waals surface area contributed by atoms with E-state index in [-0.39, 0.29) is 6.04 Å². The van der Waals surface area contributed by atoms with Crippen LogP contribution in [0, 0.1) is 12.8 Å². The molecule has 0 aliphatic heterocycles. The standard InChI is InChI=1S/C14H25NS2/c1-5-10(3)9-17-14(12(15)6-2)13-11(4)7-8-16-13/h7-8,10,12,14H,5-6,9,15H2,1-4H3. The van der Waals surface area contributed by atoms with Gasteiger partial charge in [-0.2, -0.15) is 11.8 Å². The van der Waals surface area contributed by atoms with Gasteiger partial charge in [0.2, 0.25) is 0 Å². The van der Waals surface area contributed by atoms with Crippen LogP contribution in [-0.2, 0) is 0 Å². The SMILES string of the molecule is CCC(C)CSC(c1sccc1C)C(N)CC. The first-order valence-electron chi connectivity index (χ1n) is 6.51. The Bertz CT molecular complexity index is 322. The molecule has 98 valence electrons. The predicted molar refractivity (Wildman–Crippen MR) is 82.0 cm³/mol. The van der Waals surface area contributed by atoms with E-state index in [1.165, 1.54) is 22.6 Å². The molecule has 1 aromatic heterocycles. The van der Waals surface area contributed by atoms with Crippen LogP contribution in [0.15, 0.2) is 11.4 Å². The van der Waals surface area contributed by atoms with Crippen LogP contribution >= 0.6 is 23.1 Å². The highest BCUT2D eigenvalue weighted by atomic mass is 32.2. The van der Waals surface area contributed by atoms with Gasteiger partial charge in [-0.25, -0.2) is 0 Å². The van der Waals surface area contributed by atoms with Crippen molar-refractivity contribution in [2.45, 2.75) is 51.8 Å². The van der Waals surface area contributed by atoms with Crippen LogP contribution in [0.5, 0.6) is 0 Å². The summed E-state index contributed by atoms with van der Waals surface area (Å²) in [6.07, 6.45) is 2.31. The summed E-state index contributed by atoms with van der Waals surface area (Å²) in [7, 11) is 0. The predicted octanol–water partition coefficient (Wildman–Crippen LogP) is 4.61. The van der Waals surface area contributed by atoms with E-state index in [1.54, 1.807) is 0 Å². The Morgan fingerprint density at radius 3 is 2.53 bits per heavy atom. The Hall–Kier alpha value is 0.01000. The van der Waals surface area contributed by atoms with E-state index < -0.39 is 0 Å². The van der Waals surface area contributed by atoms with Crippen molar-refractivity contribution >= 4 is 23.1 Å². The molecule has 0 fully saturated rings. The smallest absolute Gasteiger partial charge is 0.0544 e. The molecule has 0 saturated carbocycles. The minimum absolute atomic E-state index is 0.279. The largest absolute Gasteiger partial charge is 0.326 e. The zero-order chi connectivity index (χ0) is 12.8. The van der Waals surface area contributed by atoms with E-state index in [9.17, 15) is 0 Å². The molecule has 0 spiro atoms. The fraction of sp³-hybridized carbons (Fsp3) is 0.714. The lowest BCUT2D eigenvalue weighted by Crippen LogP contribution is -2.26. The summed E-state index contributed by atoms with van der Waals surface area (Å²) in [6.45, 7) is 8.97. The third-order valence-corrected chi connectivity index (χ3v) is 6.23. The highest BCUT2D eigenvalue weighted by Gasteiger charge is 2.22. The number of hydrogen-bond acceptors (Lipinski definition) is 3. The van der Waals surface area contributed by atoms with E-state index in [0.717, 1.165) is 12.3 Å². The molecule has 3 heteroatoms. The molecule has 0 aliphatic carbocycles. The van der Waals surface area contributed by atoms with E-state index in [2.05, 4.69) is 39.1 Å². The van der Waals surface area contributed by atoms with Crippen LogP contribution in [-0.4, -0.2) is 11.8 Å². The molecule has 1 aromatic rings. The van der Waals surface area contributed by atoms with Crippen LogP contribution in [0.25, 0.3) is 0 Å². The third-order valence-electron chi connectivity index (χ3n) is 3.28. The second-order valence-electron chi connectivity index (χ2n) is 4.81. The van der Waals surface area contributed by atoms with Gasteiger partial charge in [0.1, 0.15) is 0 Å². The lowest BCUT2D eigenvalue weighted by Gasteiger charge is -2.23.